The first kappa shape index (κ1) is 15.9. The van der Waals surface area contributed by atoms with E-state index < -0.39 is 0 Å². The number of piperazine rings is 1. The summed E-state index contributed by atoms with van der Waals surface area (Å²) < 4.78 is 0. The molecule has 1 aliphatic heterocycles. The number of hydrogen-bond acceptors (Lipinski definition) is 3. The minimum Gasteiger partial charge on any atom is -0.312 e. The molecule has 18 heavy (non-hydrogen) atoms. The van der Waals surface area contributed by atoms with E-state index in [4.69, 9.17) is 0 Å². The van der Waals surface area contributed by atoms with Crippen molar-refractivity contribution in [1.29, 1.82) is 0 Å². The fraction of sp³-hybridized carbons (Fsp3) is 1.00. The van der Waals surface area contributed by atoms with Gasteiger partial charge in [0.25, 0.3) is 0 Å². The van der Waals surface area contributed by atoms with Crippen LogP contribution in [-0.4, -0.2) is 61.7 Å². The maximum atomic E-state index is 3.73. The van der Waals surface area contributed by atoms with Crippen molar-refractivity contribution < 1.29 is 0 Å². The van der Waals surface area contributed by atoms with Gasteiger partial charge in [0.2, 0.25) is 0 Å². The second-order valence-electron chi connectivity index (χ2n) is 6.98. The van der Waals surface area contributed by atoms with Crippen LogP contribution in [0.3, 0.4) is 0 Å². The quantitative estimate of drug-likeness (QED) is 0.811. The van der Waals surface area contributed by atoms with Crippen LogP contribution in [0.4, 0.5) is 0 Å². The van der Waals surface area contributed by atoms with Crippen LogP contribution in [0.5, 0.6) is 0 Å². The third kappa shape index (κ3) is 4.87. The lowest BCUT2D eigenvalue weighted by atomic mass is 9.86. The summed E-state index contributed by atoms with van der Waals surface area (Å²) in [6, 6.07) is 1.26. The highest BCUT2D eigenvalue weighted by Crippen LogP contribution is 2.21. The predicted octanol–water partition coefficient (Wildman–Crippen LogP) is 2.04. The standard InChI is InChI=1S/C15H33N3/c1-7-8-16-14(15(3,4)5)12-18-10-9-17(6)11-13(18)2/h13-14,16H,7-12H2,1-6H3. The number of hydrogen-bond donors (Lipinski definition) is 1. The Labute approximate surface area is 114 Å². The van der Waals surface area contributed by atoms with Crippen molar-refractivity contribution in [2.45, 2.75) is 53.1 Å². The van der Waals surface area contributed by atoms with Crippen molar-refractivity contribution in [3.05, 3.63) is 0 Å². The van der Waals surface area contributed by atoms with Crippen LogP contribution < -0.4 is 5.32 Å². The third-order valence-corrected chi connectivity index (χ3v) is 4.07. The van der Waals surface area contributed by atoms with Gasteiger partial charge in [-0.25, -0.2) is 0 Å². The average Bonchev–Trinajstić information content (AvgIpc) is 2.25. The molecule has 0 aromatic heterocycles. The van der Waals surface area contributed by atoms with Gasteiger partial charge in [0.15, 0.2) is 0 Å². The zero-order chi connectivity index (χ0) is 13.8. The maximum Gasteiger partial charge on any atom is 0.0243 e. The summed E-state index contributed by atoms with van der Waals surface area (Å²) in [7, 11) is 2.23. The SMILES string of the molecule is CCCNC(CN1CCN(C)CC1C)C(C)(C)C. The maximum absolute atomic E-state index is 3.73. The van der Waals surface area contributed by atoms with E-state index in [2.05, 4.69) is 56.8 Å². The third-order valence-electron chi connectivity index (χ3n) is 4.07. The molecule has 1 rings (SSSR count). The molecule has 2 unspecified atom stereocenters. The molecule has 0 aliphatic carbocycles. The van der Waals surface area contributed by atoms with Gasteiger partial charge < -0.3 is 10.2 Å². The largest absolute Gasteiger partial charge is 0.312 e. The van der Waals surface area contributed by atoms with Crippen molar-refractivity contribution in [3.8, 4) is 0 Å². The van der Waals surface area contributed by atoms with Gasteiger partial charge in [-0.3, -0.25) is 4.90 Å². The molecule has 0 aromatic rings. The molecule has 1 saturated heterocycles. The number of nitrogens with one attached hydrogen (secondary N) is 1. The Bertz CT molecular complexity index is 234. The minimum atomic E-state index is 0.332. The zero-order valence-electron chi connectivity index (χ0n) is 13.3. The molecule has 1 N–H and O–H groups in total. The van der Waals surface area contributed by atoms with Crippen molar-refractivity contribution in [2.24, 2.45) is 5.41 Å². The second-order valence-corrected chi connectivity index (χ2v) is 6.98. The minimum absolute atomic E-state index is 0.332. The molecular formula is C15H33N3. The van der Waals surface area contributed by atoms with Gasteiger partial charge in [0.1, 0.15) is 0 Å². The van der Waals surface area contributed by atoms with Crippen molar-refractivity contribution in [1.82, 2.24) is 15.1 Å². The normalized spacial score (nSPS) is 25.3. The first-order valence-corrected chi connectivity index (χ1v) is 7.50. The first-order chi connectivity index (χ1) is 8.34. The van der Waals surface area contributed by atoms with E-state index in [1.54, 1.807) is 0 Å². The Balaban J connectivity index is 2.54. The lowest BCUT2D eigenvalue weighted by molar-refractivity contribution is 0.0728. The Hall–Kier alpha value is -0.120. The van der Waals surface area contributed by atoms with Crippen molar-refractivity contribution in [2.75, 3.05) is 39.8 Å². The Morgan fingerprint density at radius 1 is 1.28 bits per heavy atom. The van der Waals surface area contributed by atoms with E-state index >= 15 is 0 Å². The molecule has 0 amide bonds. The van der Waals surface area contributed by atoms with Crippen LogP contribution in [0.25, 0.3) is 0 Å². The van der Waals surface area contributed by atoms with Crippen LogP contribution in [0.2, 0.25) is 0 Å². The van der Waals surface area contributed by atoms with Crippen LogP contribution in [0.1, 0.15) is 41.0 Å². The van der Waals surface area contributed by atoms with E-state index in [9.17, 15) is 0 Å². The van der Waals surface area contributed by atoms with Gasteiger partial charge in [0, 0.05) is 38.3 Å². The van der Waals surface area contributed by atoms with Crippen molar-refractivity contribution in [3.63, 3.8) is 0 Å². The van der Waals surface area contributed by atoms with E-state index in [-0.39, 0.29) is 0 Å². The molecule has 0 radical (unpaired) electrons. The lowest BCUT2D eigenvalue weighted by Gasteiger charge is -2.43. The summed E-state index contributed by atoms with van der Waals surface area (Å²) in [6.07, 6.45) is 1.21. The molecule has 3 heteroatoms. The number of likely N-dealkylation sites (N-methyl/N-ethyl adjacent to an activating group) is 1. The van der Waals surface area contributed by atoms with Gasteiger partial charge in [0.05, 0.1) is 0 Å². The zero-order valence-corrected chi connectivity index (χ0v) is 13.3. The van der Waals surface area contributed by atoms with Gasteiger partial charge in [-0.15, -0.1) is 0 Å². The first-order valence-electron chi connectivity index (χ1n) is 7.50. The van der Waals surface area contributed by atoms with Crippen molar-refractivity contribution >= 4 is 0 Å². The molecule has 1 aliphatic rings. The van der Waals surface area contributed by atoms with E-state index in [1.165, 1.54) is 32.6 Å². The van der Waals surface area contributed by atoms with Gasteiger partial charge in [-0.1, -0.05) is 27.7 Å². The molecule has 0 saturated carbocycles. The summed E-state index contributed by atoms with van der Waals surface area (Å²) in [5, 5.41) is 3.73. The summed E-state index contributed by atoms with van der Waals surface area (Å²) in [5.74, 6) is 0. The van der Waals surface area contributed by atoms with E-state index in [0.29, 0.717) is 17.5 Å². The Kier molecular flexibility index (Phi) is 6.09. The Morgan fingerprint density at radius 3 is 2.44 bits per heavy atom. The highest BCUT2D eigenvalue weighted by atomic mass is 15.3. The second kappa shape index (κ2) is 6.88. The highest BCUT2D eigenvalue weighted by Gasteiger charge is 2.29. The fourth-order valence-electron chi connectivity index (χ4n) is 2.65. The van der Waals surface area contributed by atoms with Crippen LogP contribution in [0, 0.1) is 5.41 Å². The smallest absolute Gasteiger partial charge is 0.0243 e. The molecule has 0 aromatic carbocycles. The summed E-state index contributed by atoms with van der Waals surface area (Å²) in [5.41, 5.74) is 0.332. The van der Waals surface area contributed by atoms with Crippen LogP contribution in [0.15, 0.2) is 0 Å². The summed E-state index contributed by atoms with van der Waals surface area (Å²) >= 11 is 0. The van der Waals surface area contributed by atoms with Crippen LogP contribution >= 0.6 is 0 Å². The number of nitrogens with zero attached hydrogens (tertiary/aromatic N) is 2. The highest BCUT2D eigenvalue weighted by molar-refractivity contribution is 4.87. The molecular weight excluding hydrogens is 222 g/mol. The fourth-order valence-corrected chi connectivity index (χ4v) is 2.65. The monoisotopic (exact) mass is 255 g/mol. The molecule has 1 fully saturated rings. The van der Waals surface area contributed by atoms with E-state index in [0.717, 1.165) is 6.54 Å². The van der Waals surface area contributed by atoms with Gasteiger partial charge >= 0.3 is 0 Å². The van der Waals surface area contributed by atoms with E-state index in [1.807, 2.05) is 0 Å². The van der Waals surface area contributed by atoms with Gasteiger partial charge in [-0.05, 0) is 32.4 Å². The summed E-state index contributed by atoms with van der Waals surface area (Å²) in [4.78, 5) is 5.09. The summed E-state index contributed by atoms with van der Waals surface area (Å²) in [6.45, 7) is 17.6. The molecule has 0 spiro atoms. The van der Waals surface area contributed by atoms with Gasteiger partial charge in [-0.2, -0.15) is 0 Å². The molecule has 0 bridgehead atoms. The average molecular weight is 255 g/mol. The molecule has 108 valence electrons. The lowest BCUT2D eigenvalue weighted by Crippen LogP contribution is -2.56. The topological polar surface area (TPSA) is 18.5 Å². The number of rotatable bonds is 5. The predicted molar refractivity (Wildman–Crippen MR) is 80.1 cm³/mol. The van der Waals surface area contributed by atoms with Crippen LogP contribution in [-0.2, 0) is 0 Å². The Morgan fingerprint density at radius 2 is 1.94 bits per heavy atom. The molecule has 1 heterocycles. The molecule has 3 nitrogen and oxygen atoms in total. The molecule has 2 atom stereocenters.